The molecule has 1 N–H and O–H groups in total. The molecule has 108 valence electrons. The molecule has 0 saturated heterocycles. The van der Waals surface area contributed by atoms with Crippen LogP contribution < -0.4 is 5.32 Å². The van der Waals surface area contributed by atoms with E-state index in [2.05, 4.69) is 29.3 Å². The Labute approximate surface area is 116 Å². The quantitative estimate of drug-likeness (QED) is 0.830. The minimum absolute atomic E-state index is 0.396. The van der Waals surface area contributed by atoms with Gasteiger partial charge in [0, 0.05) is 12.5 Å². The van der Waals surface area contributed by atoms with Gasteiger partial charge in [0.15, 0.2) is 5.82 Å². The molecule has 0 aliphatic heterocycles. The van der Waals surface area contributed by atoms with Crippen molar-refractivity contribution in [2.75, 3.05) is 7.05 Å². The van der Waals surface area contributed by atoms with Crippen molar-refractivity contribution < 1.29 is 4.52 Å². The number of aryl methyl sites for hydroxylation is 1. The van der Waals surface area contributed by atoms with E-state index in [1.54, 1.807) is 0 Å². The standard InChI is InChI=1S/C15H27N3O/c1-11(2)9-10-14-17-15(19-18-14)12-7-5-4-6-8-13(12)16-3/h11-13,16H,4-10H2,1-3H3. The first-order valence-corrected chi connectivity index (χ1v) is 7.70. The van der Waals surface area contributed by atoms with Crippen LogP contribution in [0.1, 0.15) is 70.0 Å². The molecule has 4 heteroatoms. The van der Waals surface area contributed by atoms with Crippen LogP contribution in [0.15, 0.2) is 4.52 Å². The topological polar surface area (TPSA) is 51.0 Å². The Morgan fingerprint density at radius 2 is 2.05 bits per heavy atom. The number of hydrogen-bond donors (Lipinski definition) is 1. The maximum Gasteiger partial charge on any atom is 0.231 e. The Hall–Kier alpha value is -0.900. The van der Waals surface area contributed by atoms with Gasteiger partial charge in [-0.25, -0.2) is 0 Å². The molecule has 0 amide bonds. The van der Waals surface area contributed by atoms with Crippen LogP contribution in [0.25, 0.3) is 0 Å². The summed E-state index contributed by atoms with van der Waals surface area (Å²) in [6.07, 6.45) is 8.32. The first-order valence-electron chi connectivity index (χ1n) is 7.70. The van der Waals surface area contributed by atoms with E-state index < -0.39 is 0 Å². The zero-order chi connectivity index (χ0) is 13.7. The Bertz CT molecular complexity index is 375. The van der Waals surface area contributed by atoms with Crippen LogP contribution in [0.3, 0.4) is 0 Å². The third-order valence-corrected chi connectivity index (χ3v) is 4.13. The average molecular weight is 265 g/mol. The van der Waals surface area contributed by atoms with E-state index in [1.807, 2.05) is 7.05 Å². The van der Waals surface area contributed by atoms with Crippen molar-refractivity contribution in [3.05, 3.63) is 11.7 Å². The lowest BCUT2D eigenvalue weighted by Gasteiger charge is -2.20. The molecule has 1 aliphatic carbocycles. The van der Waals surface area contributed by atoms with E-state index >= 15 is 0 Å². The second-order valence-electron chi connectivity index (χ2n) is 6.12. The highest BCUT2D eigenvalue weighted by Gasteiger charge is 2.28. The summed E-state index contributed by atoms with van der Waals surface area (Å²) in [7, 11) is 2.04. The molecule has 4 nitrogen and oxygen atoms in total. The highest BCUT2D eigenvalue weighted by atomic mass is 16.5. The van der Waals surface area contributed by atoms with Crippen molar-refractivity contribution in [2.45, 2.75) is 70.8 Å². The van der Waals surface area contributed by atoms with Gasteiger partial charge in [-0.2, -0.15) is 4.98 Å². The number of rotatable bonds is 5. The fraction of sp³-hybridized carbons (Fsp3) is 0.867. The van der Waals surface area contributed by atoms with E-state index in [1.165, 1.54) is 25.7 Å². The van der Waals surface area contributed by atoms with E-state index in [-0.39, 0.29) is 0 Å². The van der Waals surface area contributed by atoms with Gasteiger partial charge >= 0.3 is 0 Å². The lowest BCUT2D eigenvalue weighted by Crippen LogP contribution is -2.31. The lowest BCUT2D eigenvalue weighted by atomic mass is 9.95. The number of hydrogen-bond acceptors (Lipinski definition) is 4. The van der Waals surface area contributed by atoms with Gasteiger partial charge < -0.3 is 9.84 Å². The van der Waals surface area contributed by atoms with E-state index in [4.69, 9.17) is 4.52 Å². The number of likely N-dealkylation sites (N-methyl/N-ethyl adjacent to an activating group) is 1. The second kappa shape index (κ2) is 7.04. The summed E-state index contributed by atoms with van der Waals surface area (Å²) < 4.78 is 5.52. The fourth-order valence-corrected chi connectivity index (χ4v) is 2.89. The largest absolute Gasteiger partial charge is 0.339 e. The maximum atomic E-state index is 5.52. The molecule has 0 radical (unpaired) electrons. The Morgan fingerprint density at radius 3 is 2.79 bits per heavy atom. The average Bonchev–Trinajstić information content (AvgIpc) is 2.73. The smallest absolute Gasteiger partial charge is 0.231 e. The predicted molar refractivity (Wildman–Crippen MR) is 76.1 cm³/mol. The van der Waals surface area contributed by atoms with Crippen molar-refractivity contribution in [2.24, 2.45) is 5.92 Å². The summed E-state index contributed by atoms with van der Waals surface area (Å²) in [5.74, 6) is 2.81. The van der Waals surface area contributed by atoms with E-state index in [9.17, 15) is 0 Å². The van der Waals surface area contributed by atoms with Crippen LogP contribution in [0.2, 0.25) is 0 Å². The maximum absolute atomic E-state index is 5.52. The first kappa shape index (κ1) is 14.5. The molecular formula is C15H27N3O. The summed E-state index contributed by atoms with van der Waals surface area (Å²) in [6.45, 7) is 4.45. The van der Waals surface area contributed by atoms with Crippen molar-refractivity contribution in [1.82, 2.24) is 15.5 Å². The Kier molecular flexibility index (Phi) is 5.37. The van der Waals surface area contributed by atoms with Gasteiger partial charge in [0.2, 0.25) is 5.89 Å². The second-order valence-corrected chi connectivity index (χ2v) is 6.12. The molecule has 2 atom stereocenters. The molecule has 1 aromatic rings. The lowest BCUT2D eigenvalue weighted by molar-refractivity contribution is 0.308. The van der Waals surface area contributed by atoms with Crippen LogP contribution in [0, 0.1) is 5.92 Å². The molecule has 0 bridgehead atoms. The fourth-order valence-electron chi connectivity index (χ4n) is 2.89. The van der Waals surface area contributed by atoms with E-state index in [0.717, 1.165) is 31.0 Å². The Morgan fingerprint density at radius 1 is 1.26 bits per heavy atom. The number of aromatic nitrogens is 2. The predicted octanol–water partition coefficient (Wildman–Crippen LogP) is 3.29. The van der Waals surface area contributed by atoms with Gasteiger partial charge in [-0.3, -0.25) is 0 Å². The van der Waals surface area contributed by atoms with Crippen molar-refractivity contribution in [1.29, 1.82) is 0 Å². The summed E-state index contributed by atoms with van der Waals surface area (Å²) in [5.41, 5.74) is 0. The molecule has 2 unspecified atom stereocenters. The molecule has 1 aliphatic rings. The van der Waals surface area contributed by atoms with E-state index in [0.29, 0.717) is 17.9 Å². The van der Waals surface area contributed by atoms with Gasteiger partial charge in [0.1, 0.15) is 0 Å². The van der Waals surface area contributed by atoms with Gasteiger partial charge in [-0.15, -0.1) is 0 Å². The summed E-state index contributed by atoms with van der Waals surface area (Å²) in [4.78, 5) is 4.63. The molecule has 1 aromatic heterocycles. The molecule has 0 spiro atoms. The monoisotopic (exact) mass is 265 g/mol. The van der Waals surface area contributed by atoms with Gasteiger partial charge in [-0.05, 0) is 32.2 Å². The van der Waals surface area contributed by atoms with Crippen LogP contribution in [0.4, 0.5) is 0 Å². The Balaban J connectivity index is 2.02. The van der Waals surface area contributed by atoms with Gasteiger partial charge in [0.25, 0.3) is 0 Å². The minimum Gasteiger partial charge on any atom is -0.339 e. The SMILES string of the molecule is CNC1CCCCCC1c1nc(CCC(C)C)no1. The highest BCUT2D eigenvalue weighted by Crippen LogP contribution is 2.31. The third-order valence-electron chi connectivity index (χ3n) is 4.13. The molecule has 1 heterocycles. The summed E-state index contributed by atoms with van der Waals surface area (Å²) in [5, 5.41) is 7.57. The van der Waals surface area contributed by atoms with Crippen LogP contribution in [0.5, 0.6) is 0 Å². The molecule has 1 fully saturated rings. The van der Waals surface area contributed by atoms with Gasteiger partial charge in [-0.1, -0.05) is 38.3 Å². The van der Waals surface area contributed by atoms with Crippen LogP contribution in [-0.4, -0.2) is 23.2 Å². The summed E-state index contributed by atoms with van der Waals surface area (Å²) >= 11 is 0. The zero-order valence-electron chi connectivity index (χ0n) is 12.5. The summed E-state index contributed by atoms with van der Waals surface area (Å²) in [6, 6.07) is 0.487. The van der Waals surface area contributed by atoms with Crippen LogP contribution >= 0.6 is 0 Å². The van der Waals surface area contributed by atoms with Gasteiger partial charge in [0.05, 0.1) is 5.92 Å². The highest BCUT2D eigenvalue weighted by molar-refractivity contribution is 5.00. The van der Waals surface area contributed by atoms with Crippen molar-refractivity contribution in [3.8, 4) is 0 Å². The molecule has 2 rings (SSSR count). The molecule has 0 aromatic carbocycles. The molecular weight excluding hydrogens is 238 g/mol. The number of nitrogens with one attached hydrogen (secondary N) is 1. The minimum atomic E-state index is 0.396. The van der Waals surface area contributed by atoms with Crippen molar-refractivity contribution >= 4 is 0 Å². The van der Waals surface area contributed by atoms with Crippen molar-refractivity contribution in [3.63, 3.8) is 0 Å². The normalized spacial score (nSPS) is 24.6. The molecule has 19 heavy (non-hydrogen) atoms. The zero-order valence-corrected chi connectivity index (χ0v) is 12.5. The third kappa shape index (κ3) is 4.03. The first-order chi connectivity index (χ1) is 9.20. The molecule has 1 saturated carbocycles. The number of nitrogens with zero attached hydrogens (tertiary/aromatic N) is 2. The van der Waals surface area contributed by atoms with Crippen LogP contribution in [-0.2, 0) is 6.42 Å².